The van der Waals surface area contributed by atoms with E-state index in [1.165, 1.54) is 11.9 Å². The summed E-state index contributed by atoms with van der Waals surface area (Å²) in [6, 6.07) is 8.30. The van der Waals surface area contributed by atoms with Crippen LogP contribution in [-0.2, 0) is 12.8 Å². The first kappa shape index (κ1) is 13.3. The minimum Gasteiger partial charge on any atom is -0.383 e. The third-order valence-corrected chi connectivity index (χ3v) is 3.12. The van der Waals surface area contributed by atoms with E-state index in [9.17, 15) is 0 Å². The van der Waals surface area contributed by atoms with E-state index in [4.69, 9.17) is 5.73 Å². The summed E-state index contributed by atoms with van der Waals surface area (Å²) in [7, 11) is 0. The molecular weight excluding hydrogens is 236 g/mol. The van der Waals surface area contributed by atoms with Gasteiger partial charge in [-0.2, -0.15) is 0 Å². The number of nitrogen functional groups attached to an aromatic ring is 1. The molecule has 0 aliphatic carbocycles. The van der Waals surface area contributed by atoms with Crippen LogP contribution in [0, 0.1) is 0 Å². The van der Waals surface area contributed by atoms with Crippen molar-refractivity contribution in [1.29, 1.82) is 0 Å². The van der Waals surface area contributed by atoms with Crippen molar-refractivity contribution < 1.29 is 0 Å². The van der Waals surface area contributed by atoms with E-state index in [-0.39, 0.29) is 0 Å². The first-order valence-electron chi connectivity index (χ1n) is 6.70. The van der Waals surface area contributed by atoms with Gasteiger partial charge in [-0.15, -0.1) is 0 Å². The van der Waals surface area contributed by atoms with Crippen LogP contribution >= 0.6 is 0 Å². The maximum Gasteiger partial charge on any atom is 0.139 e. The molecule has 0 amide bonds. The number of benzene rings is 1. The Morgan fingerprint density at radius 1 is 1.16 bits per heavy atom. The minimum atomic E-state index is 0.549. The van der Waals surface area contributed by atoms with Crippen molar-refractivity contribution in [2.45, 2.75) is 33.1 Å². The van der Waals surface area contributed by atoms with Crippen molar-refractivity contribution in [2.24, 2.45) is 0 Å². The van der Waals surface area contributed by atoms with Crippen LogP contribution in [0.4, 0.5) is 17.3 Å². The summed E-state index contributed by atoms with van der Waals surface area (Å²) in [5.74, 6) is 1.35. The van der Waals surface area contributed by atoms with Crippen LogP contribution in [-0.4, -0.2) is 9.97 Å². The third-order valence-electron chi connectivity index (χ3n) is 3.12. The number of nitrogens with two attached hydrogens (primary N) is 1. The number of aryl methyl sites for hydroxylation is 1. The van der Waals surface area contributed by atoms with E-state index in [0.29, 0.717) is 5.82 Å². The molecule has 0 unspecified atom stereocenters. The standard InChI is InChI=1S/C15H20N4/c1-3-7-11-8-5-6-9-13(11)19-15-12(4-2)14(16)17-10-18-15/h5-6,8-10H,3-4,7H2,1-2H3,(H3,16,17,18,19). The molecule has 0 saturated heterocycles. The van der Waals surface area contributed by atoms with Crippen LogP contribution in [0.1, 0.15) is 31.4 Å². The average molecular weight is 256 g/mol. The molecule has 2 aromatic rings. The Hall–Kier alpha value is -2.10. The van der Waals surface area contributed by atoms with E-state index < -0.39 is 0 Å². The molecule has 0 spiro atoms. The summed E-state index contributed by atoms with van der Waals surface area (Å²) in [5.41, 5.74) is 9.25. The molecule has 1 aromatic carbocycles. The van der Waals surface area contributed by atoms with Crippen molar-refractivity contribution in [1.82, 2.24) is 9.97 Å². The zero-order chi connectivity index (χ0) is 13.7. The van der Waals surface area contributed by atoms with Gasteiger partial charge < -0.3 is 11.1 Å². The van der Waals surface area contributed by atoms with Crippen LogP contribution < -0.4 is 11.1 Å². The maximum absolute atomic E-state index is 5.89. The highest BCUT2D eigenvalue weighted by atomic mass is 15.0. The van der Waals surface area contributed by atoms with E-state index in [1.54, 1.807) is 0 Å². The molecule has 1 aromatic heterocycles. The largest absolute Gasteiger partial charge is 0.383 e. The molecule has 0 fully saturated rings. The lowest BCUT2D eigenvalue weighted by molar-refractivity contribution is 0.922. The first-order valence-corrected chi connectivity index (χ1v) is 6.70. The summed E-state index contributed by atoms with van der Waals surface area (Å²) in [6.45, 7) is 4.23. The molecule has 4 nitrogen and oxygen atoms in total. The van der Waals surface area contributed by atoms with Crippen LogP contribution in [0.25, 0.3) is 0 Å². The van der Waals surface area contributed by atoms with E-state index in [2.05, 4.69) is 47.3 Å². The number of hydrogen-bond donors (Lipinski definition) is 2. The number of aromatic nitrogens is 2. The molecular formula is C15H20N4. The summed E-state index contributed by atoms with van der Waals surface area (Å²) in [4.78, 5) is 8.34. The Balaban J connectivity index is 2.33. The van der Waals surface area contributed by atoms with Gasteiger partial charge in [0.15, 0.2) is 0 Å². The van der Waals surface area contributed by atoms with Gasteiger partial charge in [-0.1, -0.05) is 38.5 Å². The predicted octanol–water partition coefficient (Wildman–Crippen LogP) is 3.32. The quantitative estimate of drug-likeness (QED) is 0.861. The van der Waals surface area contributed by atoms with Crippen molar-refractivity contribution in [3.63, 3.8) is 0 Å². The van der Waals surface area contributed by atoms with E-state index >= 15 is 0 Å². The molecule has 100 valence electrons. The lowest BCUT2D eigenvalue weighted by Gasteiger charge is -2.14. The van der Waals surface area contributed by atoms with Gasteiger partial charge in [-0.25, -0.2) is 9.97 Å². The van der Waals surface area contributed by atoms with Crippen molar-refractivity contribution >= 4 is 17.3 Å². The highest BCUT2D eigenvalue weighted by molar-refractivity contribution is 5.66. The van der Waals surface area contributed by atoms with Gasteiger partial charge >= 0.3 is 0 Å². The molecule has 0 aliphatic rings. The lowest BCUT2D eigenvalue weighted by Crippen LogP contribution is -2.05. The molecule has 1 heterocycles. The molecule has 0 aliphatic heterocycles. The number of nitrogens with zero attached hydrogens (tertiary/aromatic N) is 2. The minimum absolute atomic E-state index is 0.549. The smallest absolute Gasteiger partial charge is 0.139 e. The number of hydrogen-bond acceptors (Lipinski definition) is 4. The Morgan fingerprint density at radius 2 is 1.95 bits per heavy atom. The van der Waals surface area contributed by atoms with Gasteiger partial charge in [-0.3, -0.25) is 0 Å². The van der Waals surface area contributed by atoms with Crippen LogP contribution in [0.2, 0.25) is 0 Å². The topological polar surface area (TPSA) is 63.8 Å². The van der Waals surface area contributed by atoms with Crippen LogP contribution in [0.15, 0.2) is 30.6 Å². The zero-order valence-corrected chi connectivity index (χ0v) is 11.5. The highest BCUT2D eigenvalue weighted by Crippen LogP contribution is 2.25. The fraction of sp³-hybridized carbons (Fsp3) is 0.333. The van der Waals surface area contributed by atoms with Crippen molar-refractivity contribution in [3.8, 4) is 0 Å². The summed E-state index contributed by atoms with van der Waals surface area (Å²) >= 11 is 0. The number of para-hydroxylation sites is 1. The van der Waals surface area contributed by atoms with E-state index in [0.717, 1.165) is 36.3 Å². The molecule has 4 heteroatoms. The molecule has 19 heavy (non-hydrogen) atoms. The lowest BCUT2D eigenvalue weighted by atomic mass is 10.1. The van der Waals surface area contributed by atoms with Gasteiger partial charge in [0.1, 0.15) is 18.0 Å². The van der Waals surface area contributed by atoms with Gasteiger partial charge in [0.05, 0.1) is 0 Å². The zero-order valence-electron chi connectivity index (χ0n) is 11.5. The second-order valence-corrected chi connectivity index (χ2v) is 4.47. The Bertz CT molecular complexity index is 552. The van der Waals surface area contributed by atoms with Crippen molar-refractivity contribution in [2.75, 3.05) is 11.1 Å². The molecule has 0 radical (unpaired) electrons. The second kappa shape index (κ2) is 6.18. The van der Waals surface area contributed by atoms with Gasteiger partial charge in [-0.05, 0) is 24.5 Å². The fourth-order valence-corrected chi connectivity index (χ4v) is 2.14. The Labute approximate surface area is 114 Å². The third kappa shape index (κ3) is 3.02. The van der Waals surface area contributed by atoms with Crippen LogP contribution in [0.3, 0.4) is 0 Å². The molecule has 0 atom stereocenters. The summed E-state index contributed by atoms with van der Waals surface area (Å²) < 4.78 is 0. The summed E-state index contributed by atoms with van der Waals surface area (Å²) in [6.07, 6.45) is 4.47. The monoisotopic (exact) mass is 256 g/mol. The summed E-state index contributed by atoms with van der Waals surface area (Å²) in [5, 5.41) is 3.39. The highest BCUT2D eigenvalue weighted by Gasteiger charge is 2.09. The predicted molar refractivity (Wildman–Crippen MR) is 79.5 cm³/mol. The number of rotatable bonds is 5. The van der Waals surface area contributed by atoms with Gasteiger partial charge in [0.25, 0.3) is 0 Å². The van der Waals surface area contributed by atoms with E-state index in [1.807, 2.05) is 6.07 Å². The Kier molecular flexibility index (Phi) is 4.34. The molecule has 2 rings (SSSR count). The average Bonchev–Trinajstić information content (AvgIpc) is 2.41. The van der Waals surface area contributed by atoms with Gasteiger partial charge in [0, 0.05) is 11.3 Å². The van der Waals surface area contributed by atoms with Crippen LogP contribution in [0.5, 0.6) is 0 Å². The number of nitrogens with one attached hydrogen (secondary N) is 1. The SMILES string of the molecule is CCCc1ccccc1Nc1ncnc(N)c1CC. The molecule has 0 saturated carbocycles. The second-order valence-electron chi connectivity index (χ2n) is 4.47. The fourth-order valence-electron chi connectivity index (χ4n) is 2.14. The normalized spacial score (nSPS) is 10.4. The number of anilines is 3. The molecule has 0 bridgehead atoms. The van der Waals surface area contributed by atoms with Crippen molar-refractivity contribution in [3.05, 3.63) is 41.7 Å². The Morgan fingerprint density at radius 3 is 2.68 bits per heavy atom. The maximum atomic E-state index is 5.89. The molecule has 3 N–H and O–H groups in total. The van der Waals surface area contributed by atoms with Gasteiger partial charge in [0.2, 0.25) is 0 Å². The first-order chi connectivity index (χ1) is 9.26.